The van der Waals surface area contributed by atoms with Gasteiger partial charge in [0.25, 0.3) is 0 Å². The molecule has 0 spiro atoms. The Balaban J connectivity index is 2.59. The zero-order valence-corrected chi connectivity index (χ0v) is 11.7. The van der Waals surface area contributed by atoms with E-state index in [0.29, 0.717) is 0 Å². The van der Waals surface area contributed by atoms with E-state index in [1.54, 1.807) is 25.1 Å². The van der Waals surface area contributed by atoms with Crippen LogP contribution in [0.4, 0.5) is 0 Å². The second kappa shape index (κ2) is 7.01. The predicted molar refractivity (Wildman–Crippen MR) is 71.5 cm³/mol. The number of sulfonamides is 1. The summed E-state index contributed by atoms with van der Waals surface area (Å²) in [6.07, 6.45) is 0.215. The molecule has 1 aromatic carbocycles. The average molecular weight is 300 g/mol. The maximum Gasteiger partial charge on any atom is 0.326 e. The Morgan fingerprint density at radius 3 is 2.35 bits per heavy atom. The van der Waals surface area contributed by atoms with Crippen LogP contribution in [0.25, 0.3) is 0 Å². The van der Waals surface area contributed by atoms with Crippen molar-refractivity contribution in [3.63, 3.8) is 0 Å². The average Bonchev–Trinajstić information content (AvgIpc) is 2.43. The first-order chi connectivity index (χ1) is 9.36. The Hall–Kier alpha value is -1.93. The number of carbonyl (C=O) groups is 2. The predicted octanol–water partition coefficient (Wildman–Crippen LogP) is -0.0557. The van der Waals surface area contributed by atoms with Crippen LogP contribution in [0.15, 0.2) is 35.2 Å². The zero-order valence-electron chi connectivity index (χ0n) is 10.9. The van der Waals surface area contributed by atoms with Crippen molar-refractivity contribution in [1.29, 1.82) is 0 Å². The molecule has 1 aromatic rings. The van der Waals surface area contributed by atoms with Gasteiger partial charge in [-0.25, -0.2) is 17.9 Å². The van der Waals surface area contributed by atoms with Crippen molar-refractivity contribution in [3.8, 4) is 0 Å². The molecular formula is C12H16N2O5S. The molecule has 0 aliphatic heterocycles. The van der Waals surface area contributed by atoms with Crippen LogP contribution in [0.2, 0.25) is 0 Å². The van der Waals surface area contributed by atoms with Crippen LogP contribution in [0.5, 0.6) is 0 Å². The van der Waals surface area contributed by atoms with Crippen LogP contribution in [-0.4, -0.2) is 38.0 Å². The van der Waals surface area contributed by atoms with Crippen LogP contribution in [0.3, 0.4) is 0 Å². The summed E-state index contributed by atoms with van der Waals surface area (Å²) < 4.78 is 25.7. The van der Waals surface area contributed by atoms with Gasteiger partial charge in [0.05, 0.1) is 11.4 Å². The van der Waals surface area contributed by atoms with Crippen molar-refractivity contribution < 1.29 is 23.1 Å². The highest BCUT2D eigenvalue weighted by Crippen LogP contribution is 2.06. The van der Waals surface area contributed by atoms with Crippen LogP contribution in [0.1, 0.15) is 13.3 Å². The fourth-order valence-corrected chi connectivity index (χ4v) is 2.43. The molecule has 0 unspecified atom stereocenters. The monoisotopic (exact) mass is 300 g/mol. The summed E-state index contributed by atoms with van der Waals surface area (Å²) in [6, 6.07) is 6.56. The second-order valence-electron chi connectivity index (χ2n) is 4.00. The Bertz CT molecular complexity index is 571. The molecule has 110 valence electrons. The Morgan fingerprint density at radius 1 is 1.25 bits per heavy atom. The van der Waals surface area contributed by atoms with E-state index in [4.69, 9.17) is 5.11 Å². The lowest BCUT2D eigenvalue weighted by Crippen LogP contribution is -2.45. The molecule has 0 saturated carbocycles. The molecule has 0 bridgehead atoms. The summed E-state index contributed by atoms with van der Waals surface area (Å²) in [7, 11) is -3.78. The molecule has 20 heavy (non-hydrogen) atoms. The van der Waals surface area contributed by atoms with Crippen LogP contribution in [-0.2, 0) is 19.6 Å². The van der Waals surface area contributed by atoms with E-state index in [1.807, 2.05) is 0 Å². The number of carboxylic acids is 1. The molecule has 0 aliphatic rings. The summed E-state index contributed by atoms with van der Waals surface area (Å²) in [5.74, 6) is -1.86. The van der Waals surface area contributed by atoms with Crippen LogP contribution in [0, 0.1) is 0 Å². The van der Waals surface area contributed by atoms with Crippen molar-refractivity contribution in [1.82, 2.24) is 10.0 Å². The molecule has 1 rings (SSSR count). The van der Waals surface area contributed by atoms with E-state index in [9.17, 15) is 18.0 Å². The quantitative estimate of drug-likeness (QED) is 0.653. The number of carbonyl (C=O) groups excluding carboxylic acids is 1. The summed E-state index contributed by atoms with van der Waals surface area (Å²) in [5, 5.41) is 11.0. The third kappa shape index (κ3) is 4.63. The van der Waals surface area contributed by atoms with Crippen LogP contribution < -0.4 is 10.0 Å². The molecule has 3 N–H and O–H groups in total. The summed E-state index contributed by atoms with van der Waals surface area (Å²) in [4.78, 5) is 22.3. The van der Waals surface area contributed by atoms with E-state index in [-0.39, 0.29) is 11.3 Å². The number of aliphatic carboxylic acids is 1. The Kier molecular flexibility index (Phi) is 5.66. The van der Waals surface area contributed by atoms with Crippen molar-refractivity contribution in [2.24, 2.45) is 0 Å². The normalized spacial score (nSPS) is 12.7. The molecular weight excluding hydrogens is 284 g/mol. The fourth-order valence-electron chi connectivity index (χ4n) is 1.43. The molecule has 1 atom stereocenters. The SMILES string of the molecule is CC[C@H](NC(=O)CNS(=O)(=O)c1ccccc1)C(=O)O. The summed E-state index contributed by atoms with van der Waals surface area (Å²) in [5.41, 5.74) is 0. The molecule has 0 fully saturated rings. The Morgan fingerprint density at radius 2 is 1.85 bits per heavy atom. The lowest BCUT2D eigenvalue weighted by atomic mass is 10.2. The first kappa shape index (κ1) is 16.1. The summed E-state index contributed by atoms with van der Waals surface area (Å²) >= 11 is 0. The molecule has 8 heteroatoms. The molecule has 0 radical (unpaired) electrons. The lowest BCUT2D eigenvalue weighted by Gasteiger charge is -2.12. The minimum absolute atomic E-state index is 0.0399. The van der Waals surface area contributed by atoms with Gasteiger partial charge in [0.15, 0.2) is 0 Å². The van der Waals surface area contributed by atoms with Gasteiger partial charge >= 0.3 is 5.97 Å². The standard InChI is InChI=1S/C12H16N2O5S/c1-2-10(12(16)17)14-11(15)8-13-20(18,19)9-6-4-3-5-7-9/h3-7,10,13H,2,8H2,1H3,(H,14,15)(H,16,17)/t10-/m0/s1. The van der Waals surface area contributed by atoms with E-state index < -0.39 is 34.5 Å². The number of hydrogen-bond donors (Lipinski definition) is 3. The van der Waals surface area contributed by atoms with Crippen molar-refractivity contribution >= 4 is 21.9 Å². The third-order valence-corrected chi connectivity index (χ3v) is 3.93. The number of benzene rings is 1. The first-order valence-electron chi connectivity index (χ1n) is 5.93. The molecule has 0 aliphatic carbocycles. The molecule has 0 aromatic heterocycles. The highest BCUT2D eigenvalue weighted by atomic mass is 32.2. The second-order valence-corrected chi connectivity index (χ2v) is 5.77. The maximum absolute atomic E-state index is 11.8. The van der Waals surface area contributed by atoms with Gasteiger partial charge < -0.3 is 10.4 Å². The number of carboxylic acid groups (broad SMARTS) is 1. The van der Waals surface area contributed by atoms with Crippen molar-refractivity contribution in [3.05, 3.63) is 30.3 Å². The van der Waals surface area contributed by atoms with Gasteiger partial charge in [0.1, 0.15) is 6.04 Å². The third-order valence-electron chi connectivity index (χ3n) is 2.52. The highest BCUT2D eigenvalue weighted by Gasteiger charge is 2.19. The molecule has 7 nitrogen and oxygen atoms in total. The Labute approximate surface area is 117 Å². The molecule has 0 saturated heterocycles. The van der Waals surface area contributed by atoms with Crippen molar-refractivity contribution in [2.75, 3.05) is 6.54 Å². The van der Waals surface area contributed by atoms with Gasteiger partial charge in [0.2, 0.25) is 15.9 Å². The van der Waals surface area contributed by atoms with Gasteiger partial charge in [-0.05, 0) is 18.6 Å². The number of hydrogen-bond acceptors (Lipinski definition) is 4. The van der Waals surface area contributed by atoms with Gasteiger partial charge in [-0.1, -0.05) is 25.1 Å². The van der Waals surface area contributed by atoms with Gasteiger partial charge in [-0.2, -0.15) is 0 Å². The van der Waals surface area contributed by atoms with Gasteiger partial charge in [-0.15, -0.1) is 0 Å². The molecule has 1 amide bonds. The van der Waals surface area contributed by atoms with E-state index in [1.165, 1.54) is 12.1 Å². The lowest BCUT2D eigenvalue weighted by molar-refractivity contribution is -0.141. The zero-order chi connectivity index (χ0) is 15.2. The summed E-state index contributed by atoms with van der Waals surface area (Å²) in [6.45, 7) is 1.09. The van der Waals surface area contributed by atoms with Crippen LogP contribution >= 0.6 is 0 Å². The van der Waals surface area contributed by atoms with E-state index in [2.05, 4.69) is 10.0 Å². The van der Waals surface area contributed by atoms with E-state index >= 15 is 0 Å². The van der Waals surface area contributed by atoms with Gasteiger partial charge in [-0.3, -0.25) is 4.79 Å². The fraction of sp³-hybridized carbons (Fsp3) is 0.333. The minimum atomic E-state index is -3.78. The minimum Gasteiger partial charge on any atom is -0.480 e. The van der Waals surface area contributed by atoms with Crippen molar-refractivity contribution in [2.45, 2.75) is 24.3 Å². The van der Waals surface area contributed by atoms with E-state index in [0.717, 1.165) is 0 Å². The largest absolute Gasteiger partial charge is 0.480 e. The number of nitrogens with one attached hydrogen (secondary N) is 2. The number of rotatable bonds is 7. The number of amides is 1. The van der Waals surface area contributed by atoms with Gasteiger partial charge in [0, 0.05) is 0 Å². The highest BCUT2D eigenvalue weighted by molar-refractivity contribution is 7.89. The topological polar surface area (TPSA) is 113 Å². The first-order valence-corrected chi connectivity index (χ1v) is 7.42. The maximum atomic E-state index is 11.8. The molecule has 0 heterocycles. The smallest absolute Gasteiger partial charge is 0.326 e.